The van der Waals surface area contributed by atoms with Gasteiger partial charge in [0.15, 0.2) is 0 Å². The first-order valence-electron chi connectivity index (χ1n) is 5.32. The van der Waals surface area contributed by atoms with Gasteiger partial charge in [0, 0.05) is 12.7 Å². The van der Waals surface area contributed by atoms with Gasteiger partial charge >= 0.3 is 0 Å². The second-order valence-corrected chi connectivity index (χ2v) is 4.07. The summed E-state index contributed by atoms with van der Waals surface area (Å²) in [6, 6.07) is 11.3. The van der Waals surface area contributed by atoms with Crippen LogP contribution in [0.1, 0.15) is 11.1 Å². The summed E-state index contributed by atoms with van der Waals surface area (Å²) in [4.78, 5) is 4.14. The standard InChI is InChI=1S/C13H13ClN2O/c14-12-5-2-6-15-13(12)16-8-10-3-1-4-11(7-10)9-17/h1-7,17H,8-9H2,(H,15,16). The van der Waals surface area contributed by atoms with E-state index in [1.165, 1.54) is 0 Å². The molecule has 0 saturated heterocycles. The van der Waals surface area contributed by atoms with Crippen LogP contribution in [-0.2, 0) is 13.2 Å². The summed E-state index contributed by atoms with van der Waals surface area (Å²) in [5.41, 5.74) is 1.98. The zero-order chi connectivity index (χ0) is 12.1. The Bertz CT molecular complexity index is 502. The van der Waals surface area contributed by atoms with Crippen LogP contribution in [0.5, 0.6) is 0 Å². The lowest BCUT2D eigenvalue weighted by molar-refractivity contribution is 0.281. The highest BCUT2D eigenvalue weighted by Gasteiger charge is 2.00. The van der Waals surface area contributed by atoms with E-state index in [1.54, 1.807) is 18.3 Å². The molecular formula is C13H13ClN2O. The van der Waals surface area contributed by atoms with Crippen molar-refractivity contribution in [1.82, 2.24) is 4.98 Å². The number of hydrogen-bond donors (Lipinski definition) is 2. The number of halogens is 1. The Morgan fingerprint density at radius 2 is 2.00 bits per heavy atom. The monoisotopic (exact) mass is 248 g/mol. The van der Waals surface area contributed by atoms with E-state index in [9.17, 15) is 0 Å². The van der Waals surface area contributed by atoms with Gasteiger partial charge in [0.1, 0.15) is 5.82 Å². The molecule has 0 unspecified atom stereocenters. The highest BCUT2D eigenvalue weighted by atomic mass is 35.5. The van der Waals surface area contributed by atoms with E-state index in [0.29, 0.717) is 17.4 Å². The molecule has 1 heterocycles. The molecule has 2 aromatic rings. The van der Waals surface area contributed by atoms with Crippen molar-refractivity contribution in [2.75, 3.05) is 5.32 Å². The second-order valence-electron chi connectivity index (χ2n) is 3.67. The Balaban J connectivity index is 2.05. The molecule has 2 N–H and O–H groups in total. The van der Waals surface area contributed by atoms with Gasteiger partial charge < -0.3 is 10.4 Å². The van der Waals surface area contributed by atoms with Crippen molar-refractivity contribution in [1.29, 1.82) is 0 Å². The maximum atomic E-state index is 9.04. The molecule has 0 radical (unpaired) electrons. The van der Waals surface area contributed by atoms with Crippen molar-refractivity contribution in [3.05, 3.63) is 58.7 Å². The van der Waals surface area contributed by atoms with E-state index < -0.39 is 0 Å². The number of anilines is 1. The summed E-state index contributed by atoms with van der Waals surface area (Å²) < 4.78 is 0. The van der Waals surface area contributed by atoms with Crippen LogP contribution < -0.4 is 5.32 Å². The molecule has 0 amide bonds. The van der Waals surface area contributed by atoms with Gasteiger partial charge in [-0.2, -0.15) is 0 Å². The van der Waals surface area contributed by atoms with Gasteiger partial charge in [-0.05, 0) is 23.3 Å². The van der Waals surface area contributed by atoms with E-state index in [2.05, 4.69) is 10.3 Å². The molecule has 0 aliphatic rings. The highest BCUT2D eigenvalue weighted by Crippen LogP contribution is 2.18. The van der Waals surface area contributed by atoms with Crippen molar-refractivity contribution < 1.29 is 5.11 Å². The third-order valence-electron chi connectivity index (χ3n) is 2.39. The first kappa shape index (κ1) is 11.9. The van der Waals surface area contributed by atoms with Gasteiger partial charge in [0.25, 0.3) is 0 Å². The predicted molar refractivity (Wildman–Crippen MR) is 68.9 cm³/mol. The van der Waals surface area contributed by atoms with E-state index in [4.69, 9.17) is 16.7 Å². The molecular weight excluding hydrogens is 236 g/mol. The molecule has 2 rings (SSSR count). The number of nitrogens with zero attached hydrogens (tertiary/aromatic N) is 1. The first-order valence-corrected chi connectivity index (χ1v) is 5.70. The molecule has 3 nitrogen and oxygen atoms in total. The van der Waals surface area contributed by atoms with Gasteiger partial charge in [-0.1, -0.05) is 35.9 Å². The Kier molecular flexibility index (Phi) is 3.96. The minimum absolute atomic E-state index is 0.0538. The fourth-order valence-corrected chi connectivity index (χ4v) is 1.73. The van der Waals surface area contributed by atoms with Gasteiger partial charge in [-0.25, -0.2) is 4.98 Å². The van der Waals surface area contributed by atoms with Crippen molar-refractivity contribution in [3.8, 4) is 0 Å². The van der Waals surface area contributed by atoms with Crippen LogP contribution >= 0.6 is 11.6 Å². The molecule has 0 fully saturated rings. The van der Waals surface area contributed by atoms with Crippen molar-refractivity contribution in [2.24, 2.45) is 0 Å². The normalized spacial score (nSPS) is 10.2. The molecule has 4 heteroatoms. The van der Waals surface area contributed by atoms with Gasteiger partial charge in [-0.15, -0.1) is 0 Å². The number of aromatic nitrogens is 1. The lowest BCUT2D eigenvalue weighted by Gasteiger charge is -2.07. The Morgan fingerprint density at radius 3 is 2.76 bits per heavy atom. The quantitative estimate of drug-likeness (QED) is 0.875. The number of nitrogens with one attached hydrogen (secondary N) is 1. The summed E-state index contributed by atoms with van der Waals surface area (Å²) in [6.45, 7) is 0.683. The number of benzene rings is 1. The first-order chi connectivity index (χ1) is 8.29. The molecule has 1 aromatic heterocycles. The minimum Gasteiger partial charge on any atom is -0.392 e. The third-order valence-corrected chi connectivity index (χ3v) is 2.70. The van der Waals surface area contributed by atoms with E-state index >= 15 is 0 Å². The zero-order valence-corrected chi connectivity index (χ0v) is 9.98. The number of pyridine rings is 1. The Morgan fingerprint density at radius 1 is 1.18 bits per heavy atom. The summed E-state index contributed by atoms with van der Waals surface area (Å²) in [5, 5.41) is 12.8. The van der Waals surface area contributed by atoms with Gasteiger partial charge in [0.05, 0.1) is 11.6 Å². The molecule has 0 aliphatic carbocycles. The van der Waals surface area contributed by atoms with Crippen LogP contribution in [0.15, 0.2) is 42.6 Å². The topological polar surface area (TPSA) is 45.1 Å². The van der Waals surface area contributed by atoms with Crippen molar-refractivity contribution in [2.45, 2.75) is 13.2 Å². The number of aliphatic hydroxyl groups excluding tert-OH is 1. The molecule has 0 atom stereocenters. The number of rotatable bonds is 4. The lowest BCUT2D eigenvalue weighted by atomic mass is 10.1. The smallest absolute Gasteiger partial charge is 0.145 e. The number of aliphatic hydroxyl groups is 1. The van der Waals surface area contributed by atoms with E-state index in [-0.39, 0.29) is 6.61 Å². The largest absolute Gasteiger partial charge is 0.392 e. The second kappa shape index (κ2) is 5.66. The molecule has 0 aliphatic heterocycles. The van der Waals surface area contributed by atoms with Gasteiger partial charge in [-0.3, -0.25) is 0 Å². The summed E-state index contributed by atoms with van der Waals surface area (Å²) >= 11 is 5.98. The van der Waals surface area contributed by atoms with Crippen molar-refractivity contribution >= 4 is 17.4 Å². The third kappa shape index (κ3) is 3.19. The van der Waals surface area contributed by atoms with E-state index in [0.717, 1.165) is 11.1 Å². The summed E-state index contributed by atoms with van der Waals surface area (Å²) in [7, 11) is 0. The Labute approximate surface area is 105 Å². The predicted octanol–water partition coefficient (Wildman–Crippen LogP) is 2.84. The van der Waals surface area contributed by atoms with Gasteiger partial charge in [0.2, 0.25) is 0 Å². The average molecular weight is 249 g/mol. The maximum Gasteiger partial charge on any atom is 0.145 e. The van der Waals surface area contributed by atoms with Crippen molar-refractivity contribution in [3.63, 3.8) is 0 Å². The minimum atomic E-state index is 0.0538. The van der Waals surface area contributed by atoms with Crippen LogP contribution in [0.25, 0.3) is 0 Å². The number of hydrogen-bond acceptors (Lipinski definition) is 3. The maximum absolute atomic E-state index is 9.04. The highest BCUT2D eigenvalue weighted by molar-refractivity contribution is 6.32. The molecule has 0 bridgehead atoms. The molecule has 0 saturated carbocycles. The molecule has 0 spiro atoms. The lowest BCUT2D eigenvalue weighted by Crippen LogP contribution is -2.02. The summed E-state index contributed by atoms with van der Waals surface area (Å²) in [5.74, 6) is 0.670. The Hall–Kier alpha value is -1.58. The van der Waals surface area contributed by atoms with Crippen LogP contribution in [0.3, 0.4) is 0 Å². The molecule has 88 valence electrons. The van der Waals surface area contributed by atoms with E-state index in [1.807, 2.05) is 24.3 Å². The van der Waals surface area contributed by atoms with Crippen LogP contribution in [-0.4, -0.2) is 10.1 Å². The van der Waals surface area contributed by atoms with Crippen LogP contribution in [0.4, 0.5) is 5.82 Å². The average Bonchev–Trinajstić information content (AvgIpc) is 2.38. The molecule has 1 aromatic carbocycles. The van der Waals surface area contributed by atoms with Crippen LogP contribution in [0, 0.1) is 0 Å². The summed E-state index contributed by atoms with van der Waals surface area (Å²) in [6.07, 6.45) is 1.69. The van der Waals surface area contributed by atoms with Crippen LogP contribution in [0.2, 0.25) is 5.02 Å². The zero-order valence-electron chi connectivity index (χ0n) is 9.23. The fourth-order valence-electron chi connectivity index (χ4n) is 1.54. The fraction of sp³-hybridized carbons (Fsp3) is 0.154. The molecule has 17 heavy (non-hydrogen) atoms. The SMILES string of the molecule is OCc1cccc(CNc2ncccc2Cl)c1.